The molecule has 0 heterocycles. The number of alkyl halides is 3. The molecular formula is C13H11F3N2O4. The van der Waals surface area contributed by atoms with Crippen molar-refractivity contribution < 1.29 is 32.2 Å². The summed E-state index contributed by atoms with van der Waals surface area (Å²) in [4.78, 5) is 23.0. The average molecular weight is 316 g/mol. The fourth-order valence-electron chi connectivity index (χ4n) is 1.34. The lowest BCUT2D eigenvalue weighted by Crippen LogP contribution is -2.32. The highest BCUT2D eigenvalue weighted by Gasteiger charge is 2.34. The Balaban J connectivity index is 2.67. The zero-order valence-corrected chi connectivity index (χ0v) is 11.3. The van der Waals surface area contributed by atoms with Gasteiger partial charge in [0.05, 0.1) is 13.2 Å². The molecule has 0 saturated heterocycles. The maximum Gasteiger partial charge on any atom is 0.422 e. The molecule has 0 bridgehead atoms. The van der Waals surface area contributed by atoms with Gasteiger partial charge in [-0.3, -0.25) is 9.59 Å². The van der Waals surface area contributed by atoms with Gasteiger partial charge in [0, 0.05) is 5.69 Å². The number of carbonyl (C=O) groups excluding carboxylic acids is 2. The Morgan fingerprint density at radius 3 is 2.36 bits per heavy atom. The number of amides is 1. The quantitative estimate of drug-likeness (QED) is 0.662. The highest BCUT2D eigenvalue weighted by molar-refractivity contribution is 6.06. The van der Waals surface area contributed by atoms with Crippen LogP contribution in [0.25, 0.3) is 0 Å². The number of ether oxygens (including phenoxy) is 2. The maximum atomic E-state index is 11.9. The zero-order valence-electron chi connectivity index (χ0n) is 11.3. The number of anilines is 1. The zero-order chi connectivity index (χ0) is 16.8. The van der Waals surface area contributed by atoms with Crippen molar-refractivity contribution in [3.63, 3.8) is 0 Å². The molecule has 1 N–H and O–H groups in total. The second kappa shape index (κ2) is 7.31. The van der Waals surface area contributed by atoms with Gasteiger partial charge in [-0.15, -0.1) is 0 Å². The minimum Gasteiger partial charge on any atom is -0.497 e. The van der Waals surface area contributed by atoms with Gasteiger partial charge >= 0.3 is 12.1 Å². The number of methoxy groups -OCH3 is 1. The molecular weight excluding hydrogens is 305 g/mol. The largest absolute Gasteiger partial charge is 0.497 e. The number of hydrogen-bond acceptors (Lipinski definition) is 5. The Morgan fingerprint density at radius 1 is 1.32 bits per heavy atom. The van der Waals surface area contributed by atoms with Crippen LogP contribution >= 0.6 is 0 Å². The van der Waals surface area contributed by atoms with Gasteiger partial charge in [-0.05, 0) is 24.3 Å². The topological polar surface area (TPSA) is 88.4 Å². The Kier molecular flexibility index (Phi) is 5.74. The van der Waals surface area contributed by atoms with E-state index in [9.17, 15) is 22.8 Å². The number of hydrogen-bond donors (Lipinski definition) is 1. The number of nitrogens with zero attached hydrogens (tertiary/aromatic N) is 1. The summed E-state index contributed by atoms with van der Waals surface area (Å²) >= 11 is 0. The van der Waals surface area contributed by atoms with Crippen molar-refractivity contribution in [1.82, 2.24) is 0 Å². The number of nitriles is 1. The number of nitrogens with one attached hydrogen (secondary N) is 1. The molecule has 0 radical (unpaired) electrons. The van der Waals surface area contributed by atoms with Crippen molar-refractivity contribution >= 4 is 17.6 Å². The van der Waals surface area contributed by atoms with Crippen molar-refractivity contribution in [1.29, 1.82) is 5.26 Å². The lowest BCUT2D eigenvalue weighted by atomic mass is 10.1. The van der Waals surface area contributed by atoms with E-state index in [0.29, 0.717) is 5.75 Å². The highest BCUT2D eigenvalue weighted by atomic mass is 19.4. The summed E-state index contributed by atoms with van der Waals surface area (Å²) in [6, 6.07) is 7.20. The van der Waals surface area contributed by atoms with Crippen LogP contribution in [0.2, 0.25) is 0 Å². The van der Waals surface area contributed by atoms with Crippen LogP contribution < -0.4 is 10.1 Å². The van der Waals surface area contributed by atoms with Gasteiger partial charge in [-0.25, -0.2) is 0 Å². The summed E-state index contributed by atoms with van der Waals surface area (Å²) in [6.45, 7) is -1.86. The summed E-state index contributed by atoms with van der Waals surface area (Å²) in [7, 11) is 1.44. The average Bonchev–Trinajstić information content (AvgIpc) is 2.46. The van der Waals surface area contributed by atoms with Crippen LogP contribution in [0.4, 0.5) is 18.9 Å². The molecule has 0 aliphatic rings. The number of rotatable bonds is 5. The summed E-state index contributed by atoms with van der Waals surface area (Å²) < 4.78 is 44.6. The van der Waals surface area contributed by atoms with Crippen LogP contribution in [0.15, 0.2) is 24.3 Å². The second-order valence-corrected chi connectivity index (χ2v) is 4.00. The number of carbonyl (C=O) groups is 2. The van der Waals surface area contributed by atoms with Gasteiger partial charge in [0.15, 0.2) is 6.61 Å². The van der Waals surface area contributed by atoms with E-state index in [4.69, 9.17) is 10.00 Å². The Morgan fingerprint density at radius 2 is 1.91 bits per heavy atom. The van der Waals surface area contributed by atoms with Crippen LogP contribution in [-0.2, 0) is 14.3 Å². The number of esters is 1. The lowest BCUT2D eigenvalue weighted by molar-refractivity contribution is -0.188. The molecule has 6 nitrogen and oxygen atoms in total. The van der Waals surface area contributed by atoms with Crippen molar-refractivity contribution in [2.45, 2.75) is 6.18 Å². The molecule has 1 rings (SSSR count). The number of halogens is 3. The molecule has 0 aromatic heterocycles. The Labute approximate surface area is 123 Å². The van der Waals surface area contributed by atoms with E-state index >= 15 is 0 Å². The van der Waals surface area contributed by atoms with Crippen LogP contribution in [0.3, 0.4) is 0 Å². The van der Waals surface area contributed by atoms with E-state index in [0.717, 1.165) is 0 Å². The van der Waals surface area contributed by atoms with E-state index in [1.165, 1.54) is 37.4 Å². The normalized spacial score (nSPS) is 12.0. The molecule has 22 heavy (non-hydrogen) atoms. The van der Waals surface area contributed by atoms with Crippen LogP contribution in [0.1, 0.15) is 0 Å². The molecule has 1 aromatic rings. The molecule has 118 valence electrons. The Hall–Kier alpha value is -2.76. The summed E-state index contributed by atoms with van der Waals surface area (Å²) in [6.07, 6.45) is -4.73. The van der Waals surface area contributed by atoms with Gasteiger partial charge in [0.25, 0.3) is 5.91 Å². The van der Waals surface area contributed by atoms with E-state index in [1.807, 2.05) is 0 Å². The maximum absolute atomic E-state index is 11.9. The van der Waals surface area contributed by atoms with Crippen LogP contribution in [0, 0.1) is 17.2 Å². The van der Waals surface area contributed by atoms with E-state index in [-0.39, 0.29) is 5.69 Å². The molecule has 9 heteroatoms. The predicted octanol–water partition coefficient (Wildman–Crippen LogP) is 1.88. The molecule has 0 aliphatic heterocycles. The van der Waals surface area contributed by atoms with Crippen LogP contribution in [0.5, 0.6) is 5.75 Å². The minimum atomic E-state index is -4.73. The fraction of sp³-hybridized carbons (Fsp3) is 0.308. The summed E-state index contributed by atoms with van der Waals surface area (Å²) in [5, 5.41) is 11.0. The molecule has 1 amide bonds. The molecule has 0 spiro atoms. The highest BCUT2D eigenvalue weighted by Crippen LogP contribution is 2.17. The first kappa shape index (κ1) is 17.3. The van der Waals surface area contributed by atoms with E-state index in [1.54, 1.807) is 0 Å². The second-order valence-electron chi connectivity index (χ2n) is 4.00. The first-order chi connectivity index (χ1) is 10.3. The summed E-state index contributed by atoms with van der Waals surface area (Å²) in [5.41, 5.74) is 0.245. The standard InChI is InChI=1S/C13H11F3N2O4/c1-21-9-4-2-8(3-5-9)18-11(19)10(6-17)12(20)22-7-13(14,15)16/h2-5,10H,7H2,1H3,(H,18,19). The fourth-order valence-corrected chi connectivity index (χ4v) is 1.34. The number of benzene rings is 1. The molecule has 0 fully saturated rings. The van der Waals surface area contributed by atoms with Crippen molar-refractivity contribution in [3.05, 3.63) is 24.3 Å². The van der Waals surface area contributed by atoms with E-state index in [2.05, 4.69) is 10.1 Å². The molecule has 1 aromatic carbocycles. The van der Waals surface area contributed by atoms with Crippen LogP contribution in [-0.4, -0.2) is 31.8 Å². The van der Waals surface area contributed by atoms with Gasteiger partial charge in [0.1, 0.15) is 5.75 Å². The van der Waals surface area contributed by atoms with Gasteiger partial charge < -0.3 is 14.8 Å². The van der Waals surface area contributed by atoms with Gasteiger partial charge in [-0.2, -0.15) is 18.4 Å². The molecule has 0 aliphatic carbocycles. The van der Waals surface area contributed by atoms with Gasteiger partial charge in [-0.1, -0.05) is 0 Å². The third kappa shape index (κ3) is 5.32. The smallest absolute Gasteiger partial charge is 0.422 e. The first-order valence-corrected chi connectivity index (χ1v) is 5.84. The SMILES string of the molecule is COc1ccc(NC(=O)C(C#N)C(=O)OCC(F)(F)F)cc1. The predicted molar refractivity (Wildman–Crippen MR) is 67.7 cm³/mol. The van der Waals surface area contributed by atoms with E-state index < -0.39 is 30.6 Å². The molecule has 0 saturated carbocycles. The van der Waals surface area contributed by atoms with Crippen molar-refractivity contribution in [2.75, 3.05) is 19.0 Å². The monoisotopic (exact) mass is 316 g/mol. The van der Waals surface area contributed by atoms with Gasteiger partial charge in [0.2, 0.25) is 5.92 Å². The molecule has 1 unspecified atom stereocenters. The lowest BCUT2D eigenvalue weighted by Gasteiger charge is -2.12. The third-order valence-corrected chi connectivity index (χ3v) is 2.36. The minimum absolute atomic E-state index is 0.245. The third-order valence-electron chi connectivity index (χ3n) is 2.36. The molecule has 1 atom stereocenters. The van der Waals surface area contributed by atoms with Crippen molar-refractivity contribution in [3.8, 4) is 11.8 Å². The van der Waals surface area contributed by atoms with Crippen molar-refractivity contribution in [2.24, 2.45) is 5.92 Å². The first-order valence-electron chi connectivity index (χ1n) is 5.84. The summed E-state index contributed by atoms with van der Waals surface area (Å²) in [5.74, 6) is -4.13. The Bertz CT molecular complexity index is 578.